The molecule has 3 rings (SSSR count). The molecule has 0 saturated carbocycles. The zero-order valence-corrected chi connectivity index (χ0v) is 19.2. The summed E-state index contributed by atoms with van der Waals surface area (Å²) in [7, 11) is 1.81. The summed E-state index contributed by atoms with van der Waals surface area (Å²) in [5, 5.41) is 6.99. The van der Waals surface area contributed by atoms with Crippen LogP contribution in [0.1, 0.15) is 50.5 Å². The largest absolute Gasteiger partial charge is 0.444 e. The van der Waals surface area contributed by atoms with Crippen LogP contribution < -0.4 is 10.6 Å². The van der Waals surface area contributed by atoms with Crippen LogP contribution in [-0.4, -0.2) is 72.5 Å². The van der Waals surface area contributed by atoms with Gasteiger partial charge in [-0.25, -0.2) is 4.98 Å². The van der Waals surface area contributed by atoms with Gasteiger partial charge in [0.15, 0.2) is 5.96 Å². The Morgan fingerprint density at radius 1 is 1.23 bits per heavy atom. The van der Waals surface area contributed by atoms with Crippen molar-refractivity contribution < 1.29 is 9.21 Å². The third-order valence-electron chi connectivity index (χ3n) is 6.26. The molecule has 30 heavy (non-hydrogen) atoms. The fraction of sp³-hybridized carbons (Fsp3) is 0.773. The first-order valence-corrected chi connectivity index (χ1v) is 11.3. The molecule has 0 aliphatic carbocycles. The van der Waals surface area contributed by atoms with Crippen LogP contribution in [0.4, 0.5) is 0 Å². The first-order chi connectivity index (χ1) is 14.4. The van der Waals surface area contributed by atoms with E-state index in [9.17, 15) is 4.79 Å². The van der Waals surface area contributed by atoms with E-state index in [2.05, 4.69) is 25.5 Å². The minimum atomic E-state index is 0.0590. The Morgan fingerprint density at radius 2 is 1.97 bits per heavy atom. The van der Waals surface area contributed by atoms with E-state index in [-0.39, 0.29) is 17.9 Å². The number of nitrogens with zero attached hydrogens (tertiary/aromatic N) is 4. The van der Waals surface area contributed by atoms with Crippen molar-refractivity contribution in [1.29, 1.82) is 0 Å². The number of piperidine rings is 1. The maximum absolute atomic E-state index is 12.2. The van der Waals surface area contributed by atoms with Crippen molar-refractivity contribution in [3.63, 3.8) is 0 Å². The highest BCUT2D eigenvalue weighted by molar-refractivity contribution is 5.81. The Morgan fingerprint density at radius 3 is 2.57 bits per heavy atom. The lowest BCUT2D eigenvalue weighted by Gasteiger charge is -2.31. The lowest BCUT2D eigenvalue weighted by atomic mass is 9.97. The molecule has 0 bridgehead atoms. The smallest absolute Gasteiger partial charge is 0.225 e. The molecule has 1 aromatic rings. The van der Waals surface area contributed by atoms with Crippen molar-refractivity contribution in [2.24, 2.45) is 16.8 Å². The summed E-state index contributed by atoms with van der Waals surface area (Å²) in [6.07, 6.45) is 3.28. The Kier molecular flexibility index (Phi) is 7.75. The summed E-state index contributed by atoms with van der Waals surface area (Å²) < 4.78 is 5.72. The van der Waals surface area contributed by atoms with Crippen molar-refractivity contribution >= 4 is 11.9 Å². The predicted octanol–water partition coefficient (Wildman–Crippen LogP) is 1.93. The highest BCUT2D eigenvalue weighted by Crippen LogP contribution is 2.19. The number of hydrogen-bond donors (Lipinski definition) is 2. The zero-order valence-electron chi connectivity index (χ0n) is 19.2. The topological polar surface area (TPSA) is 86.0 Å². The van der Waals surface area contributed by atoms with Crippen LogP contribution in [-0.2, 0) is 11.3 Å². The molecule has 2 aliphatic rings. The lowest BCUT2D eigenvalue weighted by Crippen LogP contribution is -2.47. The van der Waals surface area contributed by atoms with Crippen molar-refractivity contribution in [3.8, 4) is 0 Å². The molecule has 0 radical (unpaired) electrons. The number of aromatic nitrogens is 1. The molecule has 8 nitrogen and oxygen atoms in total. The average molecular weight is 419 g/mol. The SMILES string of the molecule is CN=C(NCC1CCN(Cc2nc(C)c(C)o2)CC1)NC1CCN(C(=O)C(C)C)C1. The highest BCUT2D eigenvalue weighted by atomic mass is 16.4. The van der Waals surface area contributed by atoms with Gasteiger partial charge < -0.3 is 20.0 Å². The standard InChI is InChI=1S/C22H38N6O2/c1-15(2)21(29)28-11-8-19(13-28)26-22(23-5)24-12-18-6-9-27(10-7-18)14-20-25-16(3)17(4)30-20/h15,18-19H,6-14H2,1-5H3,(H2,23,24,26). The summed E-state index contributed by atoms with van der Waals surface area (Å²) in [6.45, 7) is 13.3. The number of oxazole rings is 1. The van der Waals surface area contributed by atoms with E-state index >= 15 is 0 Å². The van der Waals surface area contributed by atoms with Crippen LogP contribution in [0.5, 0.6) is 0 Å². The van der Waals surface area contributed by atoms with Gasteiger partial charge in [0, 0.05) is 38.6 Å². The number of carbonyl (C=O) groups excluding carboxylic acids is 1. The number of hydrogen-bond acceptors (Lipinski definition) is 5. The molecule has 1 unspecified atom stereocenters. The second kappa shape index (κ2) is 10.3. The number of aryl methyl sites for hydroxylation is 2. The van der Waals surface area contributed by atoms with Crippen LogP contribution in [0, 0.1) is 25.7 Å². The van der Waals surface area contributed by atoms with Crippen molar-refractivity contribution in [1.82, 2.24) is 25.4 Å². The fourth-order valence-electron chi connectivity index (χ4n) is 4.22. The molecular formula is C22H38N6O2. The molecule has 2 fully saturated rings. The molecule has 2 aliphatic heterocycles. The van der Waals surface area contributed by atoms with Gasteiger partial charge >= 0.3 is 0 Å². The molecule has 2 N–H and O–H groups in total. The molecular weight excluding hydrogens is 380 g/mol. The van der Waals surface area contributed by atoms with E-state index in [1.54, 1.807) is 0 Å². The van der Waals surface area contributed by atoms with Crippen LogP contribution in [0.2, 0.25) is 0 Å². The normalized spacial score (nSPS) is 21.5. The monoisotopic (exact) mass is 418 g/mol. The number of rotatable bonds is 6. The molecule has 2 saturated heterocycles. The Labute approximate surface area is 180 Å². The fourth-order valence-corrected chi connectivity index (χ4v) is 4.22. The number of carbonyl (C=O) groups is 1. The van der Waals surface area contributed by atoms with Crippen LogP contribution in [0.25, 0.3) is 0 Å². The third kappa shape index (κ3) is 5.97. The van der Waals surface area contributed by atoms with E-state index in [1.807, 2.05) is 39.6 Å². The number of aliphatic imine (C=N–C) groups is 1. The summed E-state index contributed by atoms with van der Waals surface area (Å²) in [4.78, 5) is 25.4. The summed E-state index contributed by atoms with van der Waals surface area (Å²) >= 11 is 0. The van der Waals surface area contributed by atoms with Crippen LogP contribution >= 0.6 is 0 Å². The predicted molar refractivity (Wildman–Crippen MR) is 118 cm³/mol. The number of amides is 1. The van der Waals surface area contributed by atoms with Crippen molar-refractivity contribution in [3.05, 3.63) is 17.3 Å². The minimum absolute atomic E-state index is 0.0590. The van der Waals surface area contributed by atoms with Gasteiger partial charge in [-0.3, -0.25) is 14.7 Å². The summed E-state index contributed by atoms with van der Waals surface area (Å²) in [5.74, 6) is 3.52. The molecule has 8 heteroatoms. The maximum atomic E-state index is 12.2. The summed E-state index contributed by atoms with van der Waals surface area (Å²) in [6, 6.07) is 0.272. The van der Waals surface area contributed by atoms with Gasteiger partial charge in [-0.2, -0.15) is 0 Å². The van der Waals surface area contributed by atoms with Gasteiger partial charge in [0.2, 0.25) is 11.8 Å². The lowest BCUT2D eigenvalue weighted by molar-refractivity contribution is -0.133. The Bertz CT molecular complexity index is 716. The minimum Gasteiger partial charge on any atom is -0.444 e. The maximum Gasteiger partial charge on any atom is 0.225 e. The molecule has 1 atom stereocenters. The molecule has 168 valence electrons. The summed E-state index contributed by atoms with van der Waals surface area (Å²) in [5.41, 5.74) is 0.988. The van der Waals surface area contributed by atoms with Crippen molar-refractivity contribution in [2.75, 3.05) is 39.8 Å². The highest BCUT2D eigenvalue weighted by Gasteiger charge is 2.28. The molecule has 0 spiro atoms. The first-order valence-electron chi connectivity index (χ1n) is 11.3. The second-order valence-electron chi connectivity index (χ2n) is 8.99. The van der Waals surface area contributed by atoms with Gasteiger partial charge in [-0.05, 0) is 52.1 Å². The van der Waals surface area contributed by atoms with Crippen LogP contribution in [0.3, 0.4) is 0 Å². The van der Waals surface area contributed by atoms with E-state index in [0.717, 1.165) is 81.8 Å². The van der Waals surface area contributed by atoms with E-state index in [0.29, 0.717) is 5.92 Å². The van der Waals surface area contributed by atoms with Gasteiger partial charge in [-0.1, -0.05) is 13.8 Å². The second-order valence-corrected chi connectivity index (χ2v) is 8.99. The van der Waals surface area contributed by atoms with Gasteiger partial charge in [0.25, 0.3) is 0 Å². The molecule has 0 aromatic carbocycles. The van der Waals surface area contributed by atoms with Crippen LogP contribution in [0.15, 0.2) is 9.41 Å². The van der Waals surface area contributed by atoms with E-state index in [1.165, 1.54) is 0 Å². The third-order valence-corrected chi connectivity index (χ3v) is 6.26. The molecule has 3 heterocycles. The number of nitrogens with one attached hydrogen (secondary N) is 2. The molecule has 1 amide bonds. The zero-order chi connectivity index (χ0) is 21.7. The van der Waals surface area contributed by atoms with Gasteiger partial charge in [-0.15, -0.1) is 0 Å². The van der Waals surface area contributed by atoms with Gasteiger partial charge in [0.05, 0.1) is 12.2 Å². The number of likely N-dealkylation sites (tertiary alicyclic amines) is 2. The first kappa shape index (κ1) is 22.6. The Balaban J connectivity index is 1.36. The molecule has 1 aromatic heterocycles. The van der Waals surface area contributed by atoms with Crippen molar-refractivity contribution in [2.45, 2.75) is 59.5 Å². The van der Waals surface area contributed by atoms with E-state index in [4.69, 9.17) is 4.42 Å². The Hall–Kier alpha value is -2.09. The average Bonchev–Trinajstić information content (AvgIpc) is 3.31. The van der Waals surface area contributed by atoms with E-state index < -0.39 is 0 Å². The number of guanidine groups is 1. The quantitative estimate of drug-likeness (QED) is 0.542. The van der Waals surface area contributed by atoms with Gasteiger partial charge in [0.1, 0.15) is 5.76 Å².